The lowest BCUT2D eigenvalue weighted by molar-refractivity contribution is 0.469. The molecule has 1 aliphatic heterocycles. The second-order valence-electron chi connectivity index (χ2n) is 5.88. The van der Waals surface area contributed by atoms with Crippen molar-refractivity contribution in [1.82, 2.24) is 9.29 Å². The monoisotopic (exact) mass is 316 g/mol. The fraction of sp³-hybridized carbons (Fsp3) is 0.353. The molecule has 0 amide bonds. The number of nitrogens with zero attached hydrogens (tertiary/aromatic N) is 2. The summed E-state index contributed by atoms with van der Waals surface area (Å²) in [6, 6.07) is 11.4. The summed E-state index contributed by atoms with van der Waals surface area (Å²) in [6.45, 7) is 5.25. The highest BCUT2D eigenvalue weighted by atomic mass is 32.2. The van der Waals surface area contributed by atoms with Crippen LogP contribution in [0.3, 0.4) is 0 Å². The van der Waals surface area contributed by atoms with E-state index in [1.165, 1.54) is 22.9 Å². The Bertz CT molecular complexity index is 773. The van der Waals surface area contributed by atoms with Crippen LogP contribution in [0.2, 0.25) is 0 Å². The molecule has 1 saturated heterocycles. The minimum Gasteiger partial charge on any atom is -0.243 e. The molecule has 0 aliphatic carbocycles. The summed E-state index contributed by atoms with van der Waals surface area (Å²) in [4.78, 5) is 3.99. The van der Waals surface area contributed by atoms with E-state index in [0.717, 1.165) is 6.42 Å². The Labute approximate surface area is 131 Å². The summed E-state index contributed by atoms with van der Waals surface area (Å²) in [5.74, 6) is 0.263. The highest BCUT2D eigenvalue weighted by molar-refractivity contribution is 7.89. The predicted octanol–water partition coefficient (Wildman–Crippen LogP) is 2.88. The average Bonchev–Trinajstić information content (AvgIpc) is 2.98. The summed E-state index contributed by atoms with van der Waals surface area (Å²) >= 11 is 0. The summed E-state index contributed by atoms with van der Waals surface area (Å²) in [6.07, 6.45) is 2.38. The van der Waals surface area contributed by atoms with E-state index in [9.17, 15) is 8.42 Å². The molecule has 116 valence electrons. The largest absolute Gasteiger partial charge is 0.260 e. The molecule has 5 heteroatoms. The second-order valence-corrected chi connectivity index (χ2v) is 7.76. The van der Waals surface area contributed by atoms with E-state index < -0.39 is 10.0 Å². The van der Waals surface area contributed by atoms with Crippen molar-refractivity contribution in [3.8, 4) is 0 Å². The van der Waals surface area contributed by atoms with Gasteiger partial charge in [-0.1, -0.05) is 29.8 Å². The summed E-state index contributed by atoms with van der Waals surface area (Å²) in [5, 5.41) is 0.135. The van der Waals surface area contributed by atoms with Crippen LogP contribution in [0, 0.1) is 13.8 Å². The molecule has 1 aliphatic rings. The Morgan fingerprint density at radius 1 is 1.18 bits per heavy atom. The second kappa shape index (κ2) is 5.82. The molecule has 2 aromatic rings. The minimum absolute atomic E-state index is 0.135. The zero-order valence-electron chi connectivity index (χ0n) is 12.9. The molecule has 1 fully saturated rings. The number of aromatic nitrogens is 1. The first-order chi connectivity index (χ1) is 10.5. The average molecular weight is 316 g/mol. The van der Waals surface area contributed by atoms with Gasteiger partial charge in [-0.05, 0) is 49.4 Å². The Balaban J connectivity index is 1.83. The van der Waals surface area contributed by atoms with Crippen LogP contribution in [0.5, 0.6) is 0 Å². The number of pyridine rings is 1. The summed E-state index contributed by atoms with van der Waals surface area (Å²) in [5.41, 5.74) is 3.73. The summed E-state index contributed by atoms with van der Waals surface area (Å²) < 4.78 is 26.8. The Morgan fingerprint density at radius 3 is 2.68 bits per heavy atom. The molecule has 0 bridgehead atoms. The number of benzene rings is 1. The molecule has 22 heavy (non-hydrogen) atoms. The van der Waals surface area contributed by atoms with Gasteiger partial charge >= 0.3 is 0 Å². The molecular weight excluding hydrogens is 296 g/mol. The summed E-state index contributed by atoms with van der Waals surface area (Å²) in [7, 11) is -3.48. The van der Waals surface area contributed by atoms with E-state index in [2.05, 4.69) is 37.0 Å². The molecule has 1 aromatic heterocycles. The van der Waals surface area contributed by atoms with Gasteiger partial charge in [0.2, 0.25) is 0 Å². The first-order valence-corrected chi connectivity index (χ1v) is 8.91. The zero-order valence-corrected chi connectivity index (χ0v) is 13.7. The molecule has 0 saturated carbocycles. The van der Waals surface area contributed by atoms with Gasteiger partial charge in [-0.15, -0.1) is 0 Å². The Morgan fingerprint density at radius 2 is 2.00 bits per heavy atom. The van der Waals surface area contributed by atoms with Crippen molar-refractivity contribution in [1.29, 1.82) is 0 Å². The topological polar surface area (TPSA) is 50.3 Å². The van der Waals surface area contributed by atoms with E-state index in [4.69, 9.17) is 0 Å². The number of hydrogen-bond donors (Lipinski definition) is 0. The van der Waals surface area contributed by atoms with Gasteiger partial charge in [-0.25, -0.2) is 13.4 Å². The van der Waals surface area contributed by atoms with E-state index in [1.807, 2.05) is 0 Å². The lowest BCUT2D eigenvalue weighted by atomic mass is 9.93. The van der Waals surface area contributed by atoms with Crippen LogP contribution in [-0.2, 0) is 10.0 Å². The third-order valence-corrected chi connectivity index (χ3v) is 6.04. The minimum atomic E-state index is -3.48. The predicted molar refractivity (Wildman–Crippen MR) is 86.3 cm³/mol. The molecular formula is C17H20N2O2S. The number of hydrogen-bond acceptors (Lipinski definition) is 3. The van der Waals surface area contributed by atoms with Gasteiger partial charge < -0.3 is 0 Å². The Hall–Kier alpha value is -1.72. The quantitative estimate of drug-likeness (QED) is 0.875. The zero-order chi connectivity index (χ0) is 15.7. The first kappa shape index (κ1) is 15.2. The normalized spacial score (nSPS) is 19.5. The standard InChI is InChI=1S/C17H20N2O2S/c1-13-6-7-16(14(2)11-13)15-8-10-19(12-15)22(20,21)17-5-3-4-9-18-17/h3-7,9,11,15H,8,10,12H2,1-2H3. The van der Waals surface area contributed by atoms with Crippen molar-refractivity contribution in [2.75, 3.05) is 13.1 Å². The number of rotatable bonds is 3. The van der Waals surface area contributed by atoms with Gasteiger partial charge in [-0.2, -0.15) is 4.31 Å². The highest BCUT2D eigenvalue weighted by Gasteiger charge is 2.34. The maximum absolute atomic E-state index is 12.6. The van der Waals surface area contributed by atoms with Crippen molar-refractivity contribution in [2.45, 2.75) is 31.2 Å². The van der Waals surface area contributed by atoms with Crippen molar-refractivity contribution < 1.29 is 8.42 Å². The van der Waals surface area contributed by atoms with Gasteiger partial charge in [0.25, 0.3) is 10.0 Å². The molecule has 3 rings (SSSR count). The van der Waals surface area contributed by atoms with Gasteiger partial charge in [0.15, 0.2) is 5.03 Å². The molecule has 1 atom stereocenters. The van der Waals surface area contributed by atoms with Crippen molar-refractivity contribution in [3.05, 3.63) is 59.3 Å². The smallest absolute Gasteiger partial charge is 0.243 e. The van der Waals surface area contributed by atoms with Crippen molar-refractivity contribution in [2.24, 2.45) is 0 Å². The van der Waals surface area contributed by atoms with Crippen LogP contribution in [0.15, 0.2) is 47.6 Å². The lowest BCUT2D eigenvalue weighted by Crippen LogP contribution is -2.29. The van der Waals surface area contributed by atoms with Crippen molar-refractivity contribution in [3.63, 3.8) is 0 Å². The molecule has 1 aromatic carbocycles. The fourth-order valence-electron chi connectivity index (χ4n) is 3.12. The van der Waals surface area contributed by atoms with Crippen molar-refractivity contribution >= 4 is 10.0 Å². The fourth-order valence-corrected chi connectivity index (χ4v) is 4.55. The third kappa shape index (κ3) is 2.78. The number of aryl methyl sites for hydroxylation is 2. The van der Waals surface area contributed by atoms with E-state index in [-0.39, 0.29) is 10.9 Å². The SMILES string of the molecule is Cc1ccc(C2CCN(S(=O)(=O)c3ccccn3)C2)c(C)c1. The van der Waals surface area contributed by atoms with Gasteiger partial charge in [0.1, 0.15) is 0 Å². The van der Waals surface area contributed by atoms with Crippen LogP contribution in [-0.4, -0.2) is 30.8 Å². The maximum Gasteiger partial charge on any atom is 0.260 e. The molecule has 1 unspecified atom stereocenters. The van der Waals surface area contributed by atoms with Gasteiger partial charge in [0, 0.05) is 19.3 Å². The van der Waals surface area contributed by atoms with Gasteiger partial charge in [-0.3, -0.25) is 0 Å². The maximum atomic E-state index is 12.6. The van der Waals surface area contributed by atoms with E-state index >= 15 is 0 Å². The highest BCUT2D eigenvalue weighted by Crippen LogP contribution is 2.32. The van der Waals surface area contributed by atoms with Crippen LogP contribution in [0.25, 0.3) is 0 Å². The molecule has 0 spiro atoms. The van der Waals surface area contributed by atoms with Crippen LogP contribution >= 0.6 is 0 Å². The van der Waals surface area contributed by atoms with Crippen LogP contribution < -0.4 is 0 Å². The van der Waals surface area contributed by atoms with E-state index in [0.29, 0.717) is 13.1 Å². The van der Waals surface area contributed by atoms with Gasteiger partial charge in [0.05, 0.1) is 0 Å². The Kier molecular flexibility index (Phi) is 4.02. The molecule has 0 N–H and O–H groups in total. The molecule has 4 nitrogen and oxygen atoms in total. The van der Waals surface area contributed by atoms with Crippen LogP contribution in [0.1, 0.15) is 29.0 Å². The van der Waals surface area contributed by atoms with Crippen LogP contribution in [0.4, 0.5) is 0 Å². The number of sulfonamides is 1. The third-order valence-electron chi connectivity index (χ3n) is 4.26. The first-order valence-electron chi connectivity index (χ1n) is 7.47. The molecule has 0 radical (unpaired) electrons. The lowest BCUT2D eigenvalue weighted by Gasteiger charge is -2.17. The molecule has 2 heterocycles. The van der Waals surface area contributed by atoms with E-state index in [1.54, 1.807) is 22.5 Å².